The van der Waals surface area contributed by atoms with Crippen LogP contribution in [0.2, 0.25) is 0 Å². The second-order valence-electron chi connectivity index (χ2n) is 2.80. The third-order valence-electron chi connectivity index (χ3n) is 1.90. The Balaban J connectivity index is 2.37. The van der Waals surface area contributed by atoms with Gasteiger partial charge in [-0.1, -0.05) is 12.2 Å². The van der Waals surface area contributed by atoms with Gasteiger partial charge in [0.1, 0.15) is 11.8 Å². The van der Waals surface area contributed by atoms with Crippen LogP contribution < -0.4 is 5.73 Å². The van der Waals surface area contributed by atoms with Gasteiger partial charge in [-0.2, -0.15) is 0 Å². The largest absolute Gasteiger partial charge is 0.425 e. The van der Waals surface area contributed by atoms with E-state index in [9.17, 15) is 4.79 Å². The first kappa shape index (κ1) is 7.31. The predicted molar refractivity (Wildman–Crippen MR) is 44.0 cm³/mol. The molecule has 0 saturated heterocycles. The average molecular weight is 163 g/mol. The van der Waals surface area contributed by atoms with Crippen molar-refractivity contribution in [2.45, 2.75) is 12.5 Å². The standard InChI is InChI=1S/C9H9NO2/c10-7-5-6-3-1-2-4-8(6)12-9(7)11/h1-2,4-5,7H,3,10H2. The van der Waals surface area contributed by atoms with E-state index < -0.39 is 6.04 Å². The molecule has 1 aliphatic heterocycles. The molecule has 0 fully saturated rings. The number of rotatable bonds is 0. The molecule has 3 heteroatoms. The fourth-order valence-electron chi connectivity index (χ4n) is 1.27. The van der Waals surface area contributed by atoms with E-state index in [1.165, 1.54) is 0 Å². The van der Waals surface area contributed by atoms with Crippen molar-refractivity contribution in [3.05, 3.63) is 35.6 Å². The van der Waals surface area contributed by atoms with Gasteiger partial charge >= 0.3 is 5.97 Å². The van der Waals surface area contributed by atoms with Crippen LogP contribution in [-0.4, -0.2) is 12.0 Å². The summed E-state index contributed by atoms with van der Waals surface area (Å²) in [4.78, 5) is 11.0. The lowest BCUT2D eigenvalue weighted by Crippen LogP contribution is -2.34. The minimum atomic E-state index is -0.594. The third kappa shape index (κ3) is 1.08. The van der Waals surface area contributed by atoms with E-state index in [4.69, 9.17) is 10.5 Å². The van der Waals surface area contributed by atoms with Gasteiger partial charge in [0.2, 0.25) is 0 Å². The van der Waals surface area contributed by atoms with Crippen molar-refractivity contribution in [1.29, 1.82) is 0 Å². The van der Waals surface area contributed by atoms with Gasteiger partial charge in [0, 0.05) is 0 Å². The Morgan fingerprint density at radius 3 is 3.25 bits per heavy atom. The fourth-order valence-corrected chi connectivity index (χ4v) is 1.27. The predicted octanol–water partition coefficient (Wildman–Crippen LogP) is 0.641. The summed E-state index contributed by atoms with van der Waals surface area (Å²) in [5.74, 6) is 0.268. The number of hydrogen-bond acceptors (Lipinski definition) is 3. The summed E-state index contributed by atoms with van der Waals surface area (Å²) in [6.45, 7) is 0. The highest BCUT2D eigenvalue weighted by Gasteiger charge is 2.23. The van der Waals surface area contributed by atoms with Gasteiger partial charge in [-0.15, -0.1) is 0 Å². The molecule has 62 valence electrons. The zero-order chi connectivity index (χ0) is 8.55. The van der Waals surface area contributed by atoms with E-state index in [2.05, 4.69) is 0 Å². The van der Waals surface area contributed by atoms with Crippen LogP contribution in [0.3, 0.4) is 0 Å². The second kappa shape index (κ2) is 2.60. The van der Waals surface area contributed by atoms with Crippen molar-refractivity contribution in [3.8, 4) is 0 Å². The maximum atomic E-state index is 11.0. The summed E-state index contributed by atoms with van der Waals surface area (Å²) in [5, 5.41) is 0. The minimum Gasteiger partial charge on any atom is -0.425 e. The van der Waals surface area contributed by atoms with E-state index in [-0.39, 0.29) is 5.97 Å². The normalized spacial score (nSPS) is 27.1. The van der Waals surface area contributed by atoms with Gasteiger partial charge in [0.05, 0.1) is 0 Å². The second-order valence-corrected chi connectivity index (χ2v) is 2.80. The summed E-state index contributed by atoms with van der Waals surface area (Å²) in [6.07, 6.45) is 8.20. The quantitative estimate of drug-likeness (QED) is 0.533. The Kier molecular flexibility index (Phi) is 1.59. The Bertz CT molecular complexity index is 312. The highest BCUT2D eigenvalue weighted by Crippen LogP contribution is 2.24. The van der Waals surface area contributed by atoms with E-state index in [1.54, 1.807) is 12.2 Å². The molecule has 0 bridgehead atoms. The summed E-state index contributed by atoms with van der Waals surface area (Å²) in [7, 11) is 0. The van der Waals surface area contributed by atoms with Crippen LogP contribution >= 0.6 is 0 Å². The molecule has 0 aromatic carbocycles. The smallest absolute Gasteiger partial charge is 0.332 e. The van der Waals surface area contributed by atoms with Crippen LogP contribution in [0.4, 0.5) is 0 Å². The van der Waals surface area contributed by atoms with Gasteiger partial charge in [-0.25, -0.2) is 4.79 Å². The lowest BCUT2D eigenvalue weighted by molar-refractivity contribution is -0.140. The van der Waals surface area contributed by atoms with Crippen LogP contribution in [0.5, 0.6) is 0 Å². The van der Waals surface area contributed by atoms with Crippen LogP contribution in [0.1, 0.15) is 6.42 Å². The third-order valence-corrected chi connectivity index (χ3v) is 1.90. The number of fused-ring (bicyclic) bond motifs is 1. The first-order valence-corrected chi connectivity index (χ1v) is 3.82. The molecule has 1 aliphatic carbocycles. The SMILES string of the molecule is NC1C=C2CC=CC=C2OC1=O. The Morgan fingerprint density at radius 1 is 1.58 bits per heavy atom. The van der Waals surface area contributed by atoms with Crippen molar-refractivity contribution < 1.29 is 9.53 Å². The molecule has 1 heterocycles. The van der Waals surface area contributed by atoms with Gasteiger partial charge in [0.25, 0.3) is 0 Å². The molecule has 12 heavy (non-hydrogen) atoms. The van der Waals surface area contributed by atoms with E-state index in [1.807, 2.05) is 12.2 Å². The van der Waals surface area contributed by atoms with Gasteiger partial charge < -0.3 is 10.5 Å². The molecular weight excluding hydrogens is 154 g/mol. The van der Waals surface area contributed by atoms with Crippen LogP contribution in [0.25, 0.3) is 0 Å². The molecule has 0 aromatic heterocycles. The molecular formula is C9H9NO2. The van der Waals surface area contributed by atoms with Crippen LogP contribution in [0.15, 0.2) is 35.6 Å². The molecule has 2 N–H and O–H groups in total. The van der Waals surface area contributed by atoms with E-state index in [0.717, 1.165) is 12.0 Å². The average Bonchev–Trinajstić information content (AvgIpc) is 2.07. The molecule has 0 radical (unpaired) electrons. The van der Waals surface area contributed by atoms with Crippen molar-refractivity contribution in [3.63, 3.8) is 0 Å². The first-order valence-electron chi connectivity index (χ1n) is 3.82. The van der Waals surface area contributed by atoms with E-state index >= 15 is 0 Å². The molecule has 1 atom stereocenters. The fraction of sp³-hybridized carbons (Fsp3) is 0.222. The van der Waals surface area contributed by atoms with Crippen molar-refractivity contribution in [1.82, 2.24) is 0 Å². The minimum absolute atomic E-state index is 0.375. The Morgan fingerprint density at radius 2 is 2.42 bits per heavy atom. The molecule has 2 rings (SSSR count). The molecule has 3 nitrogen and oxygen atoms in total. The van der Waals surface area contributed by atoms with Crippen LogP contribution in [0, 0.1) is 0 Å². The van der Waals surface area contributed by atoms with E-state index in [0.29, 0.717) is 5.76 Å². The lowest BCUT2D eigenvalue weighted by Gasteiger charge is -2.20. The van der Waals surface area contributed by atoms with Crippen LogP contribution in [-0.2, 0) is 9.53 Å². The molecule has 0 spiro atoms. The monoisotopic (exact) mass is 163 g/mol. The highest BCUT2D eigenvalue weighted by atomic mass is 16.5. The topological polar surface area (TPSA) is 52.3 Å². The zero-order valence-electron chi connectivity index (χ0n) is 6.49. The molecule has 1 unspecified atom stereocenters. The summed E-state index contributed by atoms with van der Waals surface area (Å²) in [6, 6.07) is -0.594. The van der Waals surface area contributed by atoms with Gasteiger partial charge in [0.15, 0.2) is 0 Å². The number of hydrogen-bond donors (Lipinski definition) is 1. The number of esters is 1. The van der Waals surface area contributed by atoms with Crippen molar-refractivity contribution in [2.75, 3.05) is 0 Å². The van der Waals surface area contributed by atoms with Gasteiger partial charge in [-0.3, -0.25) is 0 Å². The number of nitrogens with two attached hydrogens (primary N) is 1. The first-order chi connectivity index (χ1) is 5.77. The molecule has 0 aromatic rings. The lowest BCUT2D eigenvalue weighted by atomic mass is 10.0. The Labute approximate surface area is 70.2 Å². The highest BCUT2D eigenvalue weighted by molar-refractivity contribution is 5.81. The summed E-state index contributed by atoms with van der Waals surface area (Å²) in [5.41, 5.74) is 6.49. The zero-order valence-corrected chi connectivity index (χ0v) is 6.49. The number of allylic oxidation sites excluding steroid dienone is 4. The summed E-state index contributed by atoms with van der Waals surface area (Å²) < 4.78 is 4.98. The molecule has 0 amide bonds. The molecule has 0 saturated carbocycles. The number of carbonyl (C=O) groups excluding carboxylic acids is 1. The number of ether oxygens (including phenoxy) is 1. The molecule has 2 aliphatic rings. The maximum absolute atomic E-state index is 11.0. The Hall–Kier alpha value is -1.35. The van der Waals surface area contributed by atoms with Gasteiger partial charge in [-0.05, 0) is 24.1 Å². The summed E-state index contributed by atoms with van der Waals surface area (Å²) >= 11 is 0. The maximum Gasteiger partial charge on any atom is 0.332 e. The number of carbonyl (C=O) groups is 1. The van der Waals surface area contributed by atoms with Crippen molar-refractivity contribution >= 4 is 5.97 Å². The van der Waals surface area contributed by atoms with Crippen molar-refractivity contribution in [2.24, 2.45) is 5.73 Å².